The molecule has 0 aromatic heterocycles. The Morgan fingerprint density at radius 2 is 2.18 bits per heavy atom. The Morgan fingerprint density at radius 3 is 2.73 bits per heavy atom. The summed E-state index contributed by atoms with van der Waals surface area (Å²) in [4.78, 5) is 0. The van der Waals surface area contributed by atoms with Crippen molar-refractivity contribution in [3.8, 4) is 0 Å². The fraction of sp³-hybridized carbons (Fsp3) is 0.333. The molecule has 0 amide bonds. The lowest BCUT2D eigenvalue weighted by Gasteiger charge is -2.02. The first-order valence-corrected chi connectivity index (χ1v) is 4.51. The number of hydrogen-bond acceptors (Lipinski definition) is 1. The van der Waals surface area contributed by atoms with Gasteiger partial charge in [0.05, 0.1) is 5.66 Å². The standard InChI is InChI=1S/C9H11OP/c1-7-4-3-5-9(6-7)8(2)11-10/h3-6,8H,1-2H3. The average Bonchev–Trinajstić information content (AvgIpc) is 2.03. The molecule has 1 aromatic rings. The Hall–Kier alpha value is -0.680. The quantitative estimate of drug-likeness (QED) is 0.615. The van der Waals surface area contributed by atoms with E-state index >= 15 is 0 Å². The number of aryl methyl sites for hydroxylation is 1. The van der Waals surface area contributed by atoms with Gasteiger partial charge >= 0.3 is 0 Å². The molecule has 0 aliphatic heterocycles. The molecule has 0 heterocycles. The molecule has 1 rings (SSSR count). The van der Waals surface area contributed by atoms with E-state index in [9.17, 15) is 4.57 Å². The normalized spacial score (nSPS) is 13.3. The molecule has 1 atom stereocenters. The molecule has 11 heavy (non-hydrogen) atoms. The lowest BCUT2D eigenvalue weighted by Crippen LogP contribution is -1.83. The summed E-state index contributed by atoms with van der Waals surface area (Å²) in [7, 11) is 0.196. The molecule has 1 unspecified atom stereocenters. The zero-order valence-electron chi connectivity index (χ0n) is 6.74. The highest BCUT2D eigenvalue weighted by molar-refractivity contribution is 7.24. The molecule has 0 radical (unpaired) electrons. The smallest absolute Gasteiger partial charge is 0.163 e. The molecule has 1 aromatic carbocycles. The van der Waals surface area contributed by atoms with E-state index < -0.39 is 0 Å². The summed E-state index contributed by atoms with van der Waals surface area (Å²) in [5.74, 6) is 0. The molecule has 0 fully saturated rings. The van der Waals surface area contributed by atoms with Crippen molar-refractivity contribution in [2.75, 3.05) is 0 Å². The molecule has 0 saturated carbocycles. The maximum Gasteiger partial charge on any atom is 0.163 e. The fourth-order valence-electron chi connectivity index (χ4n) is 0.991. The summed E-state index contributed by atoms with van der Waals surface area (Å²) in [5.41, 5.74) is 2.48. The minimum Gasteiger partial charge on any atom is -0.274 e. The van der Waals surface area contributed by atoms with Crippen LogP contribution in [0.4, 0.5) is 0 Å². The van der Waals surface area contributed by atoms with Gasteiger partial charge in [-0.05, 0) is 19.4 Å². The highest BCUT2D eigenvalue weighted by atomic mass is 31.1. The first kappa shape index (κ1) is 8.42. The molecule has 0 spiro atoms. The fourth-order valence-corrected chi connectivity index (χ4v) is 1.27. The van der Waals surface area contributed by atoms with Crippen molar-refractivity contribution in [1.82, 2.24) is 0 Å². The van der Waals surface area contributed by atoms with Gasteiger partial charge < -0.3 is 0 Å². The van der Waals surface area contributed by atoms with Gasteiger partial charge in [0.15, 0.2) is 8.46 Å². The van der Waals surface area contributed by atoms with Crippen molar-refractivity contribution in [2.24, 2.45) is 0 Å². The van der Waals surface area contributed by atoms with Crippen molar-refractivity contribution in [1.29, 1.82) is 0 Å². The monoisotopic (exact) mass is 166 g/mol. The number of rotatable bonds is 2. The summed E-state index contributed by atoms with van der Waals surface area (Å²) in [6.07, 6.45) is 0. The second-order valence-corrected chi connectivity index (χ2v) is 3.68. The lowest BCUT2D eigenvalue weighted by atomic mass is 10.1. The van der Waals surface area contributed by atoms with Crippen LogP contribution >= 0.6 is 8.46 Å². The van der Waals surface area contributed by atoms with E-state index in [0.29, 0.717) is 0 Å². The Bertz CT molecular complexity index is 257. The van der Waals surface area contributed by atoms with Crippen LogP contribution < -0.4 is 0 Å². The Balaban J connectivity index is 2.95. The number of benzene rings is 1. The van der Waals surface area contributed by atoms with Crippen LogP contribution in [0.3, 0.4) is 0 Å². The first-order chi connectivity index (χ1) is 5.24. The van der Waals surface area contributed by atoms with Gasteiger partial charge in [0.2, 0.25) is 0 Å². The maximum atomic E-state index is 10.5. The molecule has 0 aliphatic rings. The van der Waals surface area contributed by atoms with Gasteiger partial charge in [-0.25, -0.2) is 0 Å². The van der Waals surface area contributed by atoms with Crippen molar-refractivity contribution in [3.05, 3.63) is 35.4 Å². The molecule has 58 valence electrons. The first-order valence-electron chi connectivity index (χ1n) is 3.63. The van der Waals surface area contributed by atoms with Gasteiger partial charge in [0.1, 0.15) is 0 Å². The van der Waals surface area contributed by atoms with E-state index in [2.05, 4.69) is 6.07 Å². The van der Waals surface area contributed by atoms with Crippen LogP contribution in [0, 0.1) is 6.92 Å². The summed E-state index contributed by atoms with van der Waals surface area (Å²) < 4.78 is 10.5. The van der Waals surface area contributed by atoms with E-state index in [0.717, 1.165) is 5.56 Å². The topological polar surface area (TPSA) is 17.1 Å². The minimum atomic E-state index is 0.120. The van der Waals surface area contributed by atoms with Crippen LogP contribution in [0.15, 0.2) is 24.3 Å². The SMILES string of the molecule is Cc1cccc(C(C)P=O)c1. The molecule has 2 heteroatoms. The van der Waals surface area contributed by atoms with Crippen LogP contribution in [-0.4, -0.2) is 0 Å². The van der Waals surface area contributed by atoms with E-state index in [-0.39, 0.29) is 14.1 Å². The summed E-state index contributed by atoms with van der Waals surface area (Å²) >= 11 is 0. The second-order valence-electron chi connectivity index (χ2n) is 2.70. The average molecular weight is 166 g/mol. The summed E-state index contributed by atoms with van der Waals surface area (Å²) in [6.45, 7) is 3.99. The molecular formula is C9H11OP. The molecule has 0 bridgehead atoms. The number of hydrogen-bond donors (Lipinski definition) is 0. The third kappa shape index (κ3) is 2.13. The minimum absolute atomic E-state index is 0.120. The predicted octanol–water partition coefficient (Wildman–Crippen LogP) is 3.35. The zero-order valence-corrected chi connectivity index (χ0v) is 7.64. The van der Waals surface area contributed by atoms with E-state index in [1.807, 2.05) is 32.0 Å². The van der Waals surface area contributed by atoms with Gasteiger partial charge in [0.25, 0.3) is 0 Å². The molecule has 0 N–H and O–H groups in total. The van der Waals surface area contributed by atoms with Crippen molar-refractivity contribution >= 4 is 8.46 Å². The summed E-state index contributed by atoms with van der Waals surface area (Å²) in [5, 5.41) is 0. The predicted molar refractivity (Wildman–Crippen MR) is 47.2 cm³/mol. The van der Waals surface area contributed by atoms with Crippen LogP contribution in [0.25, 0.3) is 0 Å². The van der Waals surface area contributed by atoms with Crippen LogP contribution in [0.1, 0.15) is 23.7 Å². The molecule has 0 saturated heterocycles. The Labute approximate surface area is 68.6 Å². The van der Waals surface area contributed by atoms with E-state index in [4.69, 9.17) is 0 Å². The Kier molecular flexibility index (Phi) is 2.78. The van der Waals surface area contributed by atoms with E-state index in [1.54, 1.807) is 0 Å². The lowest BCUT2D eigenvalue weighted by molar-refractivity contribution is 0.593. The Morgan fingerprint density at radius 1 is 1.45 bits per heavy atom. The maximum absolute atomic E-state index is 10.5. The van der Waals surface area contributed by atoms with E-state index in [1.165, 1.54) is 5.56 Å². The highest BCUT2D eigenvalue weighted by Gasteiger charge is 2.02. The largest absolute Gasteiger partial charge is 0.274 e. The summed E-state index contributed by atoms with van der Waals surface area (Å²) in [6, 6.07) is 8.10. The molecular weight excluding hydrogens is 155 g/mol. The van der Waals surface area contributed by atoms with Gasteiger partial charge in [0, 0.05) is 0 Å². The van der Waals surface area contributed by atoms with Gasteiger partial charge in [-0.2, -0.15) is 0 Å². The van der Waals surface area contributed by atoms with Crippen molar-refractivity contribution in [2.45, 2.75) is 19.5 Å². The van der Waals surface area contributed by atoms with Crippen LogP contribution in [0.2, 0.25) is 0 Å². The second kappa shape index (κ2) is 3.64. The van der Waals surface area contributed by atoms with Gasteiger partial charge in [-0.3, -0.25) is 4.57 Å². The van der Waals surface area contributed by atoms with Crippen molar-refractivity contribution in [3.63, 3.8) is 0 Å². The highest BCUT2D eigenvalue weighted by Crippen LogP contribution is 2.25. The third-order valence-electron chi connectivity index (χ3n) is 1.68. The molecule has 0 aliphatic carbocycles. The van der Waals surface area contributed by atoms with Crippen molar-refractivity contribution < 1.29 is 4.57 Å². The van der Waals surface area contributed by atoms with Crippen LogP contribution in [-0.2, 0) is 4.57 Å². The van der Waals surface area contributed by atoms with Crippen LogP contribution in [0.5, 0.6) is 0 Å². The molecule has 1 nitrogen and oxygen atoms in total. The third-order valence-corrected chi connectivity index (χ3v) is 2.30. The van der Waals surface area contributed by atoms with Gasteiger partial charge in [-0.15, -0.1) is 0 Å². The van der Waals surface area contributed by atoms with Gasteiger partial charge in [-0.1, -0.05) is 29.8 Å². The zero-order chi connectivity index (χ0) is 8.27.